The molecule has 258 valence electrons. The van der Waals surface area contributed by atoms with Gasteiger partial charge in [-0.25, -0.2) is 0 Å². The number of rotatable bonds is 7. The van der Waals surface area contributed by atoms with E-state index in [0.29, 0.717) is 0 Å². The Bertz CT molecular complexity index is 2540. The second kappa shape index (κ2) is 14.4. The maximum absolute atomic E-state index is 5.52. The van der Waals surface area contributed by atoms with Crippen LogP contribution >= 0.6 is 0 Å². The SMILES string of the molecule is C/C(=C\C(=N/C(C)n1c2ccccc2c2cc3c(cc21)-c1ccccc1C3(c1ccccc1)c1ccccc1)c1ccccc1)c1ccccc1.CC. The number of hydrogen-bond donors (Lipinski definition) is 0. The van der Waals surface area contributed by atoms with Crippen LogP contribution in [0.2, 0.25) is 0 Å². The highest BCUT2D eigenvalue weighted by molar-refractivity contribution is 6.13. The fourth-order valence-electron chi connectivity index (χ4n) is 8.39. The van der Waals surface area contributed by atoms with Crippen LogP contribution in [0.3, 0.4) is 0 Å². The number of para-hydroxylation sites is 1. The Labute approximate surface area is 313 Å². The van der Waals surface area contributed by atoms with E-state index in [0.717, 1.165) is 11.3 Å². The van der Waals surface area contributed by atoms with Crippen molar-refractivity contribution < 1.29 is 0 Å². The maximum Gasteiger partial charge on any atom is 0.123 e. The van der Waals surface area contributed by atoms with Gasteiger partial charge in [-0.05, 0) is 88.2 Å². The Balaban J connectivity index is 0.00000197. The summed E-state index contributed by atoms with van der Waals surface area (Å²) in [6.07, 6.45) is 2.06. The zero-order chi connectivity index (χ0) is 36.4. The molecule has 0 bridgehead atoms. The van der Waals surface area contributed by atoms with E-state index >= 15 is 0 Å². The van der Waals surface area contributed by atoms with Crippen LogP contribution in [0.4, 0.5) is 0 Å². The molecule has 0 spiro atoms. The minimum absolute atomic E-state index is 0.176. The molecule has 53 heavy (non-hydrogen) atoms. The van der Waals surface area contributed by atoms with E-state index in [-0.39, 0.29) is 6.17 Å². The first-order valence-electron chi connectivity index (χ1n) is 18.8. The van der Waals surface area contributed by atoms with Gasteiger partial charge in [0, 0.05) is 10.8 Å². The molecule has 0 radical (unpaired) electrons. The zero-order valence-electron chi connectivity index (χ0n) is 30.9. The predicted octanol–water partition coefficient (Wildman–Crippen LogP) is 13.3. The molecule has 1 unspecified atom stereocenters. The van der Waals surface area contributed by atoms with Gasteiger partial charge in [0.15, 0.2) is 0 Å². The summed E-state index contributed by atoms with van der Waals surface area (Å²) >= 11 is 0. The summed E-state index contributed by atoms with van der Waals surface area (Å²) in [6.45, 7) is 8.39. The molecular weight excluding hydrogens is 641 g/mol. The summed E-state index contributed by atoms with van der Waals surface area (Å²) in [5.41, 5.74) is 14.1. The normalized spacial score (nSPS) is 14.0. The minimum atomic E-state index is -0.449. The topological polar surface area (TPSA) is 17.3 Å². The predicted molar refractivity (Wildman–Crippen MR) is 226 cm³/mol. The van der Waals surface area contributed by atoms with Crippen LogP contribution in [0, 0.1) is 0 Å². The summed E-state index contributed by atoms with van der Waals surface area (Å²) in [6, 6.07) is 65.9. The molecule has 9 rings (SSSR count). The van der Waals surface area contributed by atoms with E-state index in [4.69, 9.17) is 4.99 Å². The molecular formula is C51H44N2. The van der Waals surface area contributed by atoms with Gasteiger partial charge in [0.1, 0.15) is 6.17 Å². The fourth-order valence-corrected chi connectivity index (χ4v) is 8.39. The molecule has 1 heterocycles. The Hall–Kier alpha value is -6.25. The minimum Gasteiger partial charge on any atom is -0.318 e. The summed E-state index contributed by atoms with van der Waals surface area (Å²) in [4.78, 5) is 5.52. The first-order chi connectivity index (χ1) is 26.1. The second-order valence-corrected chi connectivity index (χ2v) is 13.5. The first-order valence-corrected chi connectivity index (χ1v) is 18.8. The maximum atomic E-state index is 5.52. The third-order valence-electron chi connectivity index (χ3n) is 10.6. The van der Waals surface area contributed by atoms with Crippen molar-refractivity contribution in [3.63, 3.8) is 0 Å². The lowest BCUT2D eigenvalue weighted by atomic mass is 9.67. The number of nitrogens with zero attached hydrogens (tertiary/aromatic N) is 2. The van der Waals surface area contributed by atoms with E-state index < -0.39 is 5.41 Å². The number of benzene rings is 7. The number of aromatic nitrogens is 1. The third-order valence-corrected chi connectivity index (χ3v) is 10.6. The molecule has 1 aliphatic carbocycles. The van der Waals surface area contributed by atoms with Crippen LogP contribution in [0.25, 0.3) is 38.5 Å². The van der Waals surface area contributed by atoms with Gasteiger partial charge in [-0.2, -0.15) is 0 Å². The lowest BCUT2D eigenvalue weighted by Crippen LogP contribution is -2.28. The monoisotopic (exact) mass is 684 g/mol. The second-order valence-electron chi connectivity index (χ2n) is 13.5. The molecule has 1 aromatic heterocycles. The molecule has 2 nitrogen and oxygen atoms in total. The van der Waals surface area contributed by atoms with Crippen molar-refractivity contribution in [2.75, 3.05) is 0 Å². The van der Waals surface area contributed by atoms with Gasteiger partial charge in [0.25, 0.3) is 0 Å². The molecule has 0 amide bonds. The highest BCUT2D eigenvalue weighted by Crippen LogP contribution is 2.57. The van der Waals surface area contributed by atoms with Gasteiger partial charge in [0.2, 0.25) is 0 Å². The standard InChI is InChI=1S/C49H38N2.C2H6/c1-34(36-19-7-3-8-20-36)31-46(37-21-9-4-10-22-37)50-35(2)51-47-30-18-16-28-41(47)43-32-45-42(33-48(43)51)40-27-15-17-29-44(40)49(45,38-23-11-5-12-24-38)39-25-13-6-14-26-39;1-2/h3-33,35H,1-2H3;1-2H3/b34-31+,50-46+;. The lowest BCUT2D eigenvalue weighted by molar-refractivity contribution is 0.614. The Kier molecular flexibility index (Phi) is 9.21. The van der Waals surface area contributed by atoms with Gasteiger partial charge >= 0.3 is 0 Å². The van der Waals surface area contributed by atoms with Crippen LogP contribution in [0.5, 0.6) is 0 Å². The number of aliphatic imine (C=N–C) groups is 1. The van der Waals surface area contributed by atoms with Gasteiger partial charge < -0.3 is 4.57 Å². The molecule has 1 aliphatic rings. The molecule has 0 N–H and O–H groups in total. The van der Waals surface area contributed by atoms with Crippen molar-refractivity contribution in [2.45, 2.75) is 39.3 Å². The molecule has 2 heteroatoms. The average molecular weight is 685 g/mol. The summed E-state index contributed by atoms with van der Waals surface area (Å²) in [7, 11) is 0. The molecule has 0 fully saturated rings. The summed E-state index contributed by atoms with van der Waals surface area (Å²) in [5, 5.41) is 2.48. The van der Waals surface area contributed by atoms with Gasteiger partial charge in [-0.3, -0.25) is 4.99 Å². The van der Waals surface area contributed by atoms with Gasteiger partial charge in [-0.15, -0.1) is 0 Å². The van der Waals surface area contributed by atoms with Crippen molar-refractivity contribution in [3.8, 4) is 11.1 Å². The van der Waals surface area contributed by atoms with Crippen LogP contribution in [0.15, 0.2) is 193 Å². The molecule has 0 saturated carbocycles. The number of hydrogen-bond acceptors (Lipinski definition) is 1. The first kappa shape index (κ1) is 33.9. The van der Waals surface area contributed by atoms with Gasteiger partial charge in [-0.1, -0.05) is 178 Å². The summed E-state index contributed by atoms with van der Waals surface area (Å²) in [5.74, 6) is 0. The van der Waals surface area contributed by atoms with E-state index in [1.54, 1.807) is 0 Å². The zero-order valence-corrected chi connectivity index (χ0v) is 30.9. The molecule has 0 saturated heterocycles. The smallest absolute Gasteiger partial charge is 0.123 e. The van der Waals surface area contributed by atoms with E-state index in [1.165, 1.54) is 66.3 Å². The van der Waals surface area contributed by atoms with Crippen LogP contribution in [0.1, 0.15) is 67.2 Å². The average Bonchev–Trinajstić information content (AvgIpc) is 3.72. The Morgan fingerprint density at radius 3 is 1.70 bits per heavy atom. The lowest BCUT2D eigenvalue weighted by Gasteiger charge is -2.34. The molecule has 0 aliphatic heterocycles. The Morgan fingerprint density at radius 2 is 1.06 bits per heavy atom. The molecule has 8 aromatic rings. The highest BCUT2D eigenvalue weighted by Gasteiger charge is 2.46. The van der Waals surface area contributed by atoms with Crippen LogP contribution in [-0.2, 0) is 5.41 Å². The van der Waals surface area contributed by atoms with Crippen molar-refractivity contribution in [1.29, 1.82) is 0 Å². The highest BCUT2D eigenvalue weighted by atomic mass is 15.1. The fraction of sp³-hybridized carbons (Fsp3) is 0.118. The number of allylic oxidation sites excluding steroid dienone is 2. The van der Waals surface area contributed by atoms with Crippen LogP contribution < -0.4 is 0 Å². The largest absolute Gasteiger partial charge is 0.318 e. The van der Waals surface area contributed by atoms with Gasteiger partial charge in [0.05, 0.1) is 22.2 Å². The molecule has 7 aromatic carbocycles. The Morgan fingerprint density at radius 1 is 0.528 bits per heavy atom. The summed E-state index contributed by atoms with van der Waals surface area (Å²) < 4.78 is 2.44. The van der Waals surface area contributed by atoms with Crippen molar-refractivity contribution in [3.05, 3.63) is 221 Å². The van der Waals surface area contributed by atoms with E-state index in [1.807, 2.05) is 13.8 Å². The number of fused-ring (bicyclic) bond motifs is 6. The van der Waals surface area contributed by atoms with E-state index in [2.05, 4.69) is 206 Å². The van der Waals surface area contributed by atoms with Crippen molar-refractivity contribution >= 4 is 33.1 Å². The molecule has 1 atom stereocenters. The van der Waals surface area contributed by atoms with Crippen molar-refractivity contribution in [2.24, 2.45) is 4.99 Å². The van der Waals surface area contributed by atoms with E-state index in [9.17, 15) is 0 Å². The quantitative estimate of drug-likeness (QED) is 0.149. The third kappa shape index (κ3) is 5.72. The van der Waals surface area contributed by atoms with Crippen LogP contribution in [-0.4, -0.2) is 10.3 Å². The van der Waals surface area contributed by atoms with Crippen molar-refractivity contribution in [1.82, 2.24) is 4.57 Å².